The molecule has 6 nitrogen and oxygen atoms in total. The molecule has 2 aromatic carbocycles. The third kappa shape index (κ3) is 2.91. The third-order valence-electron chi connectivity index (χ3n) is 4.24. The lowest BCUT2D eigenvalue weighted by atomic mass is 9.98. The van der Waals surface area contributed by atoms with E-state index in [1.807, 2.05) is 0 Å². The van der Waals surface area contributed by atoms with Gasteiger partial charge in [0.05, 0.1) is 27.0 Å². The summed E-state index contributed by atoms with van der Waals surface area (Å²) >= 11 is 0. The SMILES string of the molecule is COc1ccc2c(c1)C(=O)CCN2C(=O)c1c(OC)cccc1OC. The molecule has 0 spiro atoms. The molecule has 1 aliphatic heterocycles. The Bertz CT molecular complexity index is 808. The summed E-state index contributed by atoms with van der Waals surface area (Å²) in [5.41, 5.74) is 1.38. The van der Waals surface area contributed by atoms with Crippen LogP contribution in [0.3, 0.4) is 0 Å². The van der Waals surface area contributed by atoms with Gasteiger partial charge in [0.1, 0.15) is 22.8 Å². The number of benzene rings is 2. The van der Waals surface area contributed by atoms with E-state index >= 15 is 0 Å². The lowest BCUT2D eigenvalue weighted by Crippen LogP contribution is -2.37. The van der Waals surface area contributed by atoms with Gasteiger partial charge in [-0.2, -0.15) is 0 Å². The molecule has 2 aromatic rings. The molecular formula is C19H19NO5. The zero-order valence-corrected chi connectivity index (χ0v) is 14.4. The predicted molar refractivity (Wildman–Crippen MR) is 93.2 cm³/mol. The van der Waals surface area contributed by atoms with Crippen LogP contribution in [0, 0.1) is 0 Å². The molecule has 0 aliphatic carbocycles. The molecule has 1 aliphatic rings. The number of rotatable bonds is 4. The molecule has 0 saturated carbocycles. The van der Waals surface area contributed by atoms with Crippen LogP contribution in [0.15, 0.2) is 36.4 Å². The third-order valence-corrected chi connectivity index (χ3v) is 4.24. The number of ether oxygens (including phenoxy) is 3. The van der Waals surface area contributed by atoms with Gasteiger partial charge in [-0.3, -0.25) is 9.59 Å². The van der Waals surface area contributed by atoms with Gasteiger partial charge in [0.25, 0.3) is 5.91 Å². The van der Waals surface area contributed by atoms with Gasteiger partial charge >= 0.3 is 0 Å². The Kier molecular flexibility index (Phi) is 4.61. The van der Waals surface area contributed by atoms with E-state index in [2.05, 4.69) is 0 Å². The van der Waals surface area contributed by atoms with Crippen molar-refractivity contribution >= 4 is 17.4 Å². The lowest BCUT2D eigenvalue weighted by molar-refractivity contribution is 0.0952. The zero-order valence-electron chi connectivity index (χ0n) is 14.4. The van der Waals surface area contributed by atoms with Crippen LogP contribution in [0.25, 0.3) is 0 Å². The minimum absolute atomic E-state index is 0.00931. The molecular weight excluding hydrogens is 322 g/mol. The maximum absolute atomic E-state index is 13.2. The van der Waals surface area contributed by atoms with Gasteiger partial charge in [-0.15, -0.1) is 0 Å². The molecule has 0 bridgehead atoms. The first kappa shape index (κ1) is 16.8. The summed E-state index contributed by atoms with van der Waals surface area (Å²) < 4.78 is 15.8. The lowest BCUT2D eigenvalue weighted by Gasteiger charge is -2.29. The Hall–Kier alpha value is -3.02. The van der Waals surface area contributed by atoms with Gasteiger partial charge in [0.2, 0.25) is 0 Å². The summed E-state index contributed by atoms with van der Waals surface area (Å²) in [6, 6.07) is 10.3. The van der Waals surface area contributed by atoms with Crippen molar-refractivity contribution in [3.05, 3.63) is 47.5 Å². The zero-order chi connectivity index (χ0) is 18.0. The monoisotopic (exact) mass is 341 g/mol. The first-order valence-corrected chi connectivity index (χ1v) is 7.84. The van der Waals surface area contributed by atoms with Gasteiger partial charge in [-0.1, -0.05) is 6.07 Å². The Morgan fingerprint density at radius 3 is 2.28 bits per heavy atom. The van der Waals surface area contributed by atoms with E-state index in [1.54, 1.807) is 41.3 Å². The quantitative estimate of drug-likeness (QED) is 0.855. The summed E-state index contributed by atoms with van der Waals surface area (Å²) in [6.45, 7) is 0.304. The highest BCUT2D eigenvalue weighted by atomic mass is 16.5. The first-order valence-electron chi connectivity index (χ1n) is 7.84. The number of carbonyl (C=O) groups is 2. The summed E-state index contributed by atoms with van der Waals surface area (Å²) in [5, 5.41) is 0. The standard InChI is InChI=1S/C19H19NO5/c1-23-12-7-8-14-13(11-12)15(21)9-10-20(14)19(22)18-16(24-2)5-4-6-17(18)25-3/h4-8,11H,9-10H2,1-3H3. The molecule has 0 atom stereocenters. The molecule has 3 rings (SSSR count). The minimum atomic E-state index is -0.270. The molecule has 0 unspecified atom stereocenters. The molecule has 0 aromatic heterocycles. The smallest absolute Gasteiger partial charge is 0.265 e. The second kappa shape index (κ2) is 6.84. The fourth-order valence-electron chi connectivity index (χ4n) is 2.98. The molecule has 130 valence electrons. The van der Waals surface area contributed by atoms with Crippen molar-refractivity contribution in [3.63, 3.8) is 0 Å². The fraction of sp³-hybridized carbons (Fsp3) is 0.263. The van der Waals surface area contributed by atoms with E-state index < -0.39 is 0 Å². The van der Waals surface area contributed by atoms with Crippen LogP contribution in [0.2, 0.25) is 0 Å². The Balaban J connectivity index is 2.09. The minimum Gasteiger partial charge on any atom is -0.497 e. The van der Waals surface area contributed by atoms with Crippen LogP contribution < -0.4 is 19.1 Å². The Labute approximate surface area is 145 Å². The fourth-order valence-corrected chi connectivity index (χ4v) is 2.98. The van der Waals surface area contributed by atoms with Crippen molar-refractivity contribution in [2.45, 2.75) is 6.42 Å². The highest BCUT2D eigenvalue weighted by molar-refractivity contribution is 6.15. The predicted octanol–water partition coefficient (Wildman–Crippen LogP) is 2.95. The highest BCUT2D eigenvalue weighted by Crippen LogP contribution is 2.35. The van der Waals surface area contributed by atoms with Crippen molar-refractivity contribution in [1.29, 1.82) is 0 Å². The second-order valence-electron chi connectivity index (χ2n) is 5.55. The number of fused-ring (bicyclic) bond motifs is 1. The summed E-state index contributed by atoms with van der Waals surface area (Å²) in [7, 11) is 4.55. The van der Waals surface area contributed by atoms with E-state index in [9.17, 15) is 9.59 Å². The number of nitrogens with zero attached hydrogens (tertiary/aromatic N) is 1. The number of methoxy groups -OCH3 is 3. The molecule has 0 N–H and O–H groups in total. The number of anilines is 1. The molecule has 0 saturated heterocycles. The van der Waals surface area contributed by atoms with Gasteiger partial charge in [-0.05, 0) is 30.3 Å². The van der Waals surface area contributed by atoms with Crippen molar-refractivity contribution in [3.8, 4) is 17.2 Å². The van der Waals surface area contributed by atoms with E-state index in [0.29, 0.717) is 40.6 Å². The second-order valence-corrected chi connectivity index (χ2v) is 5.55. The van der Waals surface area contributed by atoms with Crippen molar-refractivity contribution < 1.29 is 23.8 Å². The number of hydrogen-bond acceptors (Lipinski definition) is 5. The maximum atomic E-state index is 13.2. The van der Waals surface area contributed by atoms with Gasteiger partial charge in [0, 0.05) is 18.5 Å². The van der Waals surface area contributed by atoms with Gasteiger partial charge in [0.15, 0.2) is 5.78 Å². The normalized spacial score (nSPS) is 13.2. The number of carbonyl (C=O) groups excluding carboxylic acids is 2. The molecule has 25 heavy (non-hydrogen) atoms. The van der Waals surface area contributed by atoms with Gasteiger partial charge in [-0.25, -0.2) is 0 Å². The topological polar surface area (TPSA) is 65.1 Å². The van der Waals surface area contributed by atoms with Crippen LogP contribution in [0.1, 0.15) is 27.1 Å². The van der Waals surface area contributed by atoms with E-state index in [0.717, 1.165) is 0 Å². The number of Topliss-reactive ketones (excluding diaryl/α,β-unsaturated/α-hetero) is 1. The van der Waals surface area contributed by atoms with Gasteiger partial charge < -0.3 is 19.1 Å². The van der Waals surface area contributed by atoms with Crippen LogP contribution >= 0.6 is 0 Å². The van der Waals surface area contributed by atoms with Crippen LogP contribution in [0.4, 0.5) is 5.69 Å². The number of amides is 1. The van der Waals surface area contributed by atoms with Crippen molar-refractivity contribution in [2.75, 3.05) is 32.8 Å². The Morgan fingerprint density at radius 2 is 1.68 bits per heavy atom. The van der Waals surface area contributed by atoms with E-state index in [1.165, 1.54) is 21.3 Å². The summed E-state index contributed by atoms with van der Waals surface area (Å²) in [5.74, 6) is 1.15. The van der Waals surface area contributed by atoms with Crippen LogP contribution in [-0.4, -0.2) is 39.6 Å². The van der Waals surface area contributed by atoms with E-state index in [-0.39, 0.29) is 18.1 Å². The summed E-state index contributed by atoms with van der Waals surface area (Å²) in [6.07, 6.45) is 0.253. The van der Waals surface area contributed by atoms with E-state index in [4.69, 9.17) is 14.2 Å². The molecule has 6 heteroatoms. The first-order chi connectivity index (χ1) is 12.1. The highest BCUT2D eigenvalue weighted by Gasteiger charge is 2.31. The molecule has 0 radical (unpaired) electrons. The largest absolute Gasteiger partial charge is 0.497 e. The average Bonchev–Trinajstić information content (AvgIpc) is 2.66. The summed E-state index contributed by atoms with van der Waals surface area (Å²) in [4.78, 5) is 27.0. The molecule has 1 amide bonds. The van der Waals surface area contributed by atoms with Crippen molar-refractivity contribution in [1.82, 2.24) is 0 Å². The van der Waals surface area contributed by atoms with Crippen LogP contribution in [-0.2, 0) is 0 Å². The average molecular weight is 341 g/mol. The number of ketones is 1. The molecule has 1 heterocycles. The number of hydrogen-bond donors (Lipinski definition) is 0. The maximum Gasteiger partial charge on any atom is 0.265 e. The van der Waals surface area contributed by atoms with Crippen molar-refractivity contribution in [2.24, 2.45) is 0 Å². The molecule has 0 fully saturated rings. The Morgan fingerprint density at radius 1 is 1.00 bits per heavy atom. The van der Waals surface area contributed by atoms with Crippen LogP contribution in [0.5, 0.6) is 17.2 Å².